The van der Waals surface area contributed by atoms with Gasteiger partial charge in [0.1, 0.15) is 11.5 Å². The summed E-state index contributed by atoms with van der Waals surface area (Å²) >= 11 is 0. The molecule has 0 atom stereocenters. The first-order chi connectivity index (χ1) is 17.9. The maximum Gasteiger partial charge on any atom is 0.252 e. The Hall–Kier alpha value is -4.26. The molecule has 5 rings (SSSR count). The van der Waals surface area contributed by atoms with Crippen LogP contribution in [0.5, 0.6) is 0 Å². The number of aromatic nitrogens is 3. The van der Waals surface area contributed by atoms with Crippen molar-refractivity contribution in [3.05, 3.63) is 95.4 Å². The van der Waals surface area contributed by atoms with Gasteiger partial charge in [0.15, 0.2) is 0 Å². The second-order valence-electron chi connectivity index (χ2n) is 9.66. The summed E-state index contributed by atoms with van der Waals surface area (Å²) in [5.41, 5.74) is 7.20. The highest BCUT2D eigenvalue weighted by Crippen LogP contribution is 2.25. The Morgan fingerprint density at radius 2 is 1.81 bits per heavy atom. The van der Waals surface area contributed by atoms with Gasteiger partial charge in [0.25, 0.3) is 5.91 Å². The molecule has 7 heteroatoms. The number of hydrogen-bond acceptors (Lipinski definition) is 4. The number of nitrogens with one attached hydrogen (secondary N) is 2. The molecule has 0 radical (unpaired) electrons. The van der Waals surface area contributed by atoms with E-state index in [4.69, 9.17) is 4.98 Å². The summed E-state index contributed by atoms with van der Waals surface area (Å²) in [5.74, 6) is 0.934. The van der Waals surface area contributed by atoms with Crippen molar-refractivity contribution in [3.8, 4) is 0 Å². The number of para-hydroxylation sites is 1. The molecule has 1 amide bonds. The lowest BCUT2D eigenvalue weighted by Gasteiger charge is -2.21. The lowest BCUT2D eigenvalue weighted by molar-refractivity contribution is 0.0953. The number of nitrogens with zero attached hydrogens (tertiary/aromatic N) is 4. The van der Waals surface area contributed by atoms with Gasteiger partial charge in [-0.25, -0.2) is 4.98 Å². The number of carbonyl (C=O) groups is 1. The third-order valence-electron chi connectivity index (χ3n) is 6.85. The van der Waals surface area contributed by atoms with Gasteiger partial charge in [-0.2, -0.15) is 0 Å². The average Bonchev–Trinajstić information content (AvgIpc) is 3.49. The maximum atomic E-state index is 13.0. The van der Waals surface area contributed by atoms with Crippen LogP contribution in [0.1, 0.15) is 34.1 Å². The molecule has 37 heavy (non-hydrogen) atoms. The Balaban J connectivity index is 1.32. The number of pyridine rings is 1. The predicted octanol–water partition coefficient (Wildman–Crippen LogP) is 5.05. The number of rotatable bonds is 9. The molecule has 3 heterocycles. The quantitative estimate of drug-likeness (QED) is 0.301. The van der Waals surface area contributed by atoms with Crippen LogP contribution in [0.2, 0.25) is 0 Å². The fraction of sp³-hybridized carbons (Fsp3) is 0.267. The topological polar surface area (TPSA) is 68.7 Å². The SMILES string of the molecule is CCc1nc2ccc(C(=O)NCCc3c[nH]c4ccccc34)cn2c1N(C)Cc1ccc(N(C)C)cc1. The van der Waals surface area contributed by atoms with Crippen molar-refractivity contribution in [3.63, 3.8) is 0 Å². The Morgan fingerprint density at radius 3 is 2.57 bits per heavy atom. The largest absolute Gasteiger partial charge is 0.378 e. The number of amides is 1. The van der Waals surface area contributed by atoms with Crippen LogP contribution in [0.15, 0.2) is 73.1 Å². The second kappa shape index (κ2) is 10.4. The Morgan fingerprint density at radius 1 is 1.03 bits per heavy atom. The third-order valence-corrected chi connectivity index (χ3v) is 6.85. The van der Waals surface area contributed by atoms with Gasteiger partial charge >= 0.3 is 0 Å². The zero-order chi connectivity index (χ0) is 25.9. The molecule has 2 aromatic carbocycles. The Bertz CT molecular complexity index is 1530. The number of benzene rings is 2. The molecule has 5 aromatic rings. The minimum Gasteiger partial charge on any atom is -0.378 e. The summed E-state index contributed by atoms with van der Waals surface area (Å²) in [5, 5.41) is 4.29. The van der Waals surface area contributed by atoms with E-state index in [0.717, 1.165) is 42.1 Å². The lowest BCUT2D eigenvalue weighted by atomic mass is 10.1. The number of fused-ring (bicyclic) bond motifs is 2. The molecule has 0 fully saturated rings. The van der Waals surface area contributed by atoms with Crippen LogP contribution in [0.4, 0.5) is 11.5 Å². The van der Waals surface area contributed by atoms with Crippen LogP contribution in [-0.2, 0) is 19.4 Å². The maximum absolute atomic E-state index is 13.0. The van der Waals surface area contributed by atoms with Crippen LogP contribution in [-0.4, -0.2) is 48.0 Å². The molecule has 3 aromatic heterocycles. The average molecular weight is 495 g/mol. The Kier molecular flexibility index (Phi) is 6.86. The van der Waals surface area contributed by atoms with Crippen LogP contribution in [0.25, 0.3) is 16.6 Å². The van der Waals surface area contributed by atoms with Gasteiger partial charge in [-0.1, -0.05) is 37.3 Å². The molecular weight excluding hydrogens is 460 g/mol. The number of hydrogen-bond donors (Lipinski definition) is 2. The summed E-state index contributed by atoms with van der Waals surface area (Å²) in [6, 6.07) is 20.6. The summed E-state index contributed by atoms with van der Waals surface area (Å²) < 4.78 is 2.04. The monoisotopic (exact) mass is 494 g/mol. The predicted molar refractivity (Wildman–Crippen MR) is 152 cm³/mol. The fourth-order valence-corrected chi connectivity index (χ4v) is 4.86. The number of H-pyrrole nitrogens is 1. The van der Waals surface area contributed by atoms with E-state index in [1.807, 2.05) is 55.2 Å². The molecule has 0 spiro atoms. The highest BCUT2D eigenvalue weighted by atomic mass is 16.1. The van der Waals surface area contributed by atoms with E-state index in [2.05, 4.69) is 70.5 Å². The molecule has 0 aliphatic carbocycles. The summed E-state index contributed by atoms with van der Waals surface area (Å²) in [7, 11) is 6.17. The van der Waals surface area contributed by atoms with E-state index in [-0.39, 0.29) is 5.91 Å². The van der Waals surface area contributed by atoms with Gasteiger partial charge in [0, 0.05) is 63.2 Å². The van der Waals surface area contributed by atoms with E-state index in [1.165, 1.54) is 22.2 Å². The minimum absolute atomic E-state index is 0.0821. The summed E-state index contributed by atoms with van der Waals surface area (Å²) in [6.07, 6.45) is 5.51. The van der Waals surface area contributed by atoms with Gasteiger partial charge in [0.2, 0.25) is 0 Å². The van der Waals surface area contributed by atoms with Gasteiger partial charge < -0.3 is 20.1 Å². The van der Waals surface area contributed by atoms with Crippen LogP contribution >= 0.6 is 0 Å². The molecule has 0 aliphatic rings. The number of aromatic amines is 1. The van der Waals surface area contributed by atoms with E-state index >= 15 is 0 Å². The van der Waals surface area contributed by atoms with Gasteiger partial charge in [-0.3, -0.25) is 9.20 Å². The van der Waals surface area contributed by atoms with Crippen molar-refractivity contribution in [1.82, 2.24) is 19.7 Å². The zero-order valence-corrected chi connectivity index (χ0v) is 22.0. The molecule has 0 aliphatic heterocycles. The highest BCUT2D eigenvalue weighted by Gasteiger charge is 2.17. The van der Waals surface area contributed by atoms with Gasteiger partial charge in [-0.05, 0) is 54.3 Å². The molecular formula is C30H34N6O. The molecule has 2 N–H and O–H groups in total. The molecule has 0 bridgehead atoms. The highest BCUT2D eigenvalue weighted by molar-refractivity contribution is 5.94. The first-order valence-corrected chi connectivity index (χ1v) is 12.8. The van der Waals surface area contributed by atoms with E-state index in [9.17, 15) is 4.79 Å². The number of aryl methyl sites for hydroxylation is 1. The number of anilines is 2. The lowest BCUT2D eigenvalue weighted by Crippen LogP contribution is -2.26. The zero-order valence-electron chi connectivity index (χ0n) is 22.0. The molecule has 7 nitrogen and oxygen atoms in total. The van der Waals surface area contributed by atoms with Crippen molar-refractivity contribution < 1.29 is 4.79 Å². The number of carbonyl (C=O) groups excluding carboxylic acids is 1. The summed E-state index contributed by atoms with van der Waals surface area (Å²) in [6.45, 7) is 3.43. The van der Waals surface area contributed by atoms with Gasteiger partial charge in [-0.15, -0.1) is 0 Å². The number of imidazole rings is 1. The van der Waals surface area contributed by atoms with E-state index < -0.39 is 0 Å². The fourth-order valence-electron chi connectivity index (χ4n) is 4.86. The van der Waals surface area contributed by atoms with Crippen molar-refractivity contribution in [1.29, 1.82) is 0 Å². The van der Waals surface area contributed by atoms with Crippen molar-refractivity contribution in [2.24, 2.45) is 0 Å². The third kappa shape index (κ3) is 5.03. The first kappa shape index (κ1) is 24.4. The summed E-state index contributed by atoms with van der Waals surface area (Å²) in [4.78, 5) is 25.5. The molecule has 0 unspecified atom stereocenters. The minimum atomic E-state index is -0.0821. The molecule has 0 saturated heterocycles. The smallest absolute Gasteiger partial charge is 0.252 e. The normalized spacial score (nSPS) is 11.2. The van der Waals surface area contributed by atoms with Crippen molar-refractivity contribution in [2.45, 2.75) is 26.3 Å². The Labute approximate surface area is 217 Å². The van der Waals surface area contributed by atoms with Crippen molar-refractivity contribution in [2.75, 3.05) is 37.5 Å². The van der Waals surface area contributed by atoms with Gasteiger partial charge in [0.05, 0.1) is 11.3 Å². The van der Waals surface area contributed by atoms with E-state index in [0.29, 0.717) is 12.1 Å². The van der Waals surface area contributed by atoms with Crippen LogP contribution in [0, 0.1) is 0 Å². The standard InChI is InChI=1S/C30H34N6O/c1-5-26-30(35(4)19-21-10-13-24(14-11-21)34(2)3)36-20-23(12-15-28(36)33-26)29(37)31-17-16-22-18-32-27-9-7-6-8-25(22)27/h6-15,18,20,32H,5,16-17,19H2,1-4H3,(H,31,37). The van der Waals surface area contributed by atoms with Crippen molar-refractivity contribution >= 4 is 34.0 Å². The molecule has 0 saturated carbocycles. The van der Waals surface area contributed by atoms with Crippen LogP contribution < -0.4 is 15.1 Å². The van der Waals surface area contributed by atoms with Crippen LogP contribution in [0.3, 0.4) is 0 Å². The van der Waals surface area contributed by atoms with E-state index in [1.54, 1.807) is 0 Å². The first-order valence-electron chi connectivity index (χ1n) is 12.8. The second-order valence-corrected chi connectivity index (χ2v) is 9.66. The molecule has 190 valence electrons.